The van der Waals surface area contributed by atoms with Gasteiger partial charge in [0.05, 0.1) is 6.61 Å². The molecule has 2 fully saturated rings. The summed E-state index contributed by atoms with van der Waals surface area (Å²) in [6.07, 6.45) is 3.32. The molecule has 0 aromatic rings. The Balaban J connectivity index is 1.81. The van der Waals surface area contributed by atoms with Crippen molar-refractivity contribution in [2.45, 2.75) is 32.2 Å². The van der Waals surface area contributed by atoms with Crippen LogP contribution in [0.15, 0.2) is 4.99 Å². The second-order valence-corrected chi connectivity index (χ2v) is 5.62. The van der Waals surface area contributed by atoms with Crippen molar-refractivity contribution in [2.75, 3.05) is 39.9 Å². The van der Waals surface area contributed by atoms with Crippen LogP contribution in [0.5, 0.6) is 0 Å². The van der Waals surface area contributed by atoms with Crippen LogP contribution in [0.3, 0.4) is 0 Å². The molecule has 1 saturated heterocycles. The van der Waals surface area contributed by atoms with Gasteiger partial charge in [-0.1, -0.05) is 0 Å². The van der Waals surface area contributed by atoms with E-state index in [2.05, 4.69) is 20.5 Å². The summed E-state index contributed by atoms with van der Waals surface area (Å²) in [5.74, 6) is 1.37. The number of ether oxygens (including phenoxy) is 1. The van der Waals surface area contributed by atoms with Gasteiger partial charge < -0.3 is 20.3 Å². The quantitative estimate of drug-likeness (QED) is 0.539. The van der Waals surface area contributed by atoms with Crippen molar-refractivity contribution >= 4 is 11.9 Å². The third-order valence-electron chi connectivity index (χ3n) is 3.57. The Morgan fingerprint density at radius 1 is 1.40 bits per heavy atom. The Bertz CT molecular complexity index is 349. The summed E-state index contributed by atoms with van der Waals surface area (Å²) in [6.45, 7) is 5.63. The second kappa shape index (κ2) is 7.47. The molecule has 2 N–H and O–H groups in total. The van der Waals surface area contributed by atoms with E-state index in [-0.39, 0.29) is 12.5 Å². The van der Waals surface area contributed by atoms with Gasteiger partial charge in [0, 0.05) is 38.7 Å². The number of rotatable bonds is 6. The maximum absolute atomic E-state index is 11.7. The molecule has 0 bridgehead atoms. The number of carbonyl (C=O) groups excluding carboxylic acids is 1. The standard InChI is InChI=1S/C14H26N4O2/c1-3-15-14(16-8-13(19)17-12-4-5-12)18(2)9-11-6-7-20-10-11/h11-12H,3-10H2,1-2H3,(H,15,16)(H,17,19). The van der Waals surface area contributed by atoms with Crippen molar-refractivity contribution in [2.24, 2.45) is 10.9 Å². The first kappa shape index (κ1) is 15.1. The van der Waals surface area contributed by atoms with E-state index in [4.69, 9.17) is 4.74 Å². The molecule has 0 spiro atoms. The minimum Gasteiger partial charge on any atom is -0.381 e. The Hall–Kier alpha value is -1.30. The summed E-state index contributed by atoms with van der Waals surface area (Å²) < 4.78 is 5.40. The molecular weight excluding hydrogens is 256 g/mol. The summed E-state index contributed by atoms with van der Waals surface area (Å²) >= 11 is 0. The number of carbonyl (C=O) groups is 1. The Morgan fingerprint density at radius 3 is 2.80 bits per heavy atom. The van der Waals surface area contributed by atoms with Crippen molar-refractivity contribution in [3.63, 3.8) is 0 Å². The van der Waals surface area contributed by atoms with Gasteiger partial charge in [0.15, 0.2) is 5.96 Å². The smallest absolute Gasteiger partial charge is 0.242 e. The molecule has 0 radical (unpaired) electrons. The van der Waals surface area contributed by atoms with Gasteiger partial charge in [0.25, 0.3) is 0 Å². The molecule has 6 heteroatoms. The van der Waals surface area contributed by atoms with E-state index in [0.29, 0.717) is 12.0 Å². The van der Waals surface area contributed by atoms with E-state index >= 15 is 0 Å². The van der Waals surface area contributed by atoms with Crippen LogP contribution in [0.2, 0.25) is 0 Å². The molecule has 1 aliphatic heterocycles. The van der Waals surface area contributed by atoms with E-state index in [9.17, 15) is 4.79 Å². The highest BCUT2D eigenvalue weighted by molar-refractivity contribution is 5.85. The molecule has 20 heavy (non-hydrogen) atoms. The van der Waals surface area contributed by atoms with Gasteiger partial charge in [-0.25, -0.2) is 4.99 Å². The van der Waals surface area contributed by atoms with Gasteiger partial charge in [-0.3, -0.25) is 4.79 Å². The number of guanidine groups is 1. The van der Waals surface area contributed by atoms with Crippen molar-refractivity contribution < 1.29 is 9.53 Å². The maximum atomic E-state index is 11.7. The fraction of sp³-hybridized carbons (Fsp3) is 0.857. The lowest BCUT2D eigenvalue weighted by molar-refractivity contribution is -0.119. The molecule has 1 heterocycles. The molecule has 1 atom stereocenters. The normalized spacial score (nSPS) is 22.7. The fourth-order valence-electron chi connectivity index (χ4n) is 2.32. The maximum Gasteiger partial charge on any atom is 0.242 e. The largest absolute Gasteiger partial charge is 0.381 e. The van der Waals surface area contributed by atoms with Gasteiger partial charge in [0.2, 0.25) is 5.91 Å². The first-order valence-electron chi connectivity index (χ1n) is 7.55. The van der Waals surface area contributed by atoms with Gasteiger partial charge in [-0.15, -0.1) is 0 Å². The third-order valence-corrected chi connectivity index (χ3v) is 3.57. The first-order valence-corrected chi connectivity index (χ1v) is 7.55. The molecule has 1 amide bonds. The Labute approximate surface area is 121 Å². The van der Waals surface area contributed by atoms with Gasteiger partial charge in [0.1, 0.15) is 6.54 Å². The minimum atomic E-state index is 0.0144. The number of hydrogen-bond donors (Lipinski definition) is 2. The molecular formula is C14H26N4O2. The summed E-state index contributed by atoms with van der Waals surface area (Å²) in [5, 5.41) is 6.19. The molecule has 0 aromatic carbocycles. The van der Waals surface area contributed by atoms with E-state index in [0.717, 1.165) is 51.5 Å². The third kappa shape index (κ3) is 5.00. The zero-order valence-electron chi connectivity index (χ0n) is 12.5. The zero-order valence-corrected chi connectivity index (χ0v) is 12.5. The molecule has 0 aromatic heterocycles. The highest BCUT2D eigenvalue weighted by atomic mass is 16.5. The Kier molecular flexibility index (Phi) is 5.64. The number of aliphatic imine (C=N–C) groups is 1. The Morgan fingerprint density at radius 2 is 2.20 bits per heavy atom. The average molecular weight is 282 g/mol. The van der Waals surface area contributed by atoms with E-state index in [1.54, 1.807) is 0 Å². The van der Waals surface area contributed by atoms with Crippen LogP contribution in [0.1, 0.15) is 26.2 Å². The molecule has 2 aliphatic rings. The fourth-order valence-corrected chi connectivity index (χ4v) is 2.32. The lowest BCUT2D eigenvalue weighted by atomic mass is 10.1. The monoisotopic (exact) mass is 282 g/mol. The number of amides is 1. The summed E-state index contributed by atoms with van der Waals surface area (Å²) in [6, 6.07) is 0.397. The summed E-state index contributed by atoms with van der Waals surface area (Å²) in [4.78, 5) is 18.2. The van der Waals surface area contributed by atoms with Gasteiger partial charge in [-0.2, -0.15) is 0 Å². The van der Waals surface area contributed by atoms with Crippen LogP contribution >= 0.6 is 0 Å². The average Bonchev–Trinajstić information content (AvgIpc) is 3.08. The number of nitrogens with one attached hydrogen (secondary N) is 2. The van der Waals surface area contributed by atoms with Gasteiger partial charge in [-0.05, 0) is 26.2 Å². The second-order valence-electron chi connectivity index (χ2n) is 5.62. The molecule has 114 valence electrons. The van der Waals surface area contributed by atoms with Crippen molar-refractivity contribution in [3.8, 4) is 0 Å². The van der Waals surface area contributed by atoms with E-state index < -0.39 is 0 Å². The molecule has 6 nitrogen and oxygen atoms in total. The van der Waals surface area contributed by atoms with Crippen molar-refractivity contribution in [1.29, 1.82) is 0 Å². The molecule has 1 aliphatic carbocycles. The zero-order chi connectivity index (χ0) is 14.4. The molecule has 2 rings (SSSR count). The van der Waals surface area contributed by atoms with Crippen LogP contribution in [0.4, 0.5) is 0 Å². The van der Waals surface area contributed by atoms with E-state index in [1.165, 1.54) is 0 Å². The van der Waals surface area contributed by atoms with Crippen LogP contribution in [-0.4, -0.2) is 62.7 Å². The SMILES string of the molecule is CCNC(=NCC(=O)NC1CC1)N(C)CC1CCOC1. The van der Waals surface area contributed by atoms with E-state index in [1.807, 2.05) is 14.0 Å². The first-order chi connectivity index (χ1) is 9.69. The summed E-state index contributed by atoms with van der Waals surface area (Å²) in [7, 11) is 2.01. The number of nitrogens with zero attached hydrogens (tertiary/aromatic N) is 2. The minimum absolute atomic E-state index is 0.0144. The topological polar surface area (TPSA) is 66.0 Å². The van der Waals surface area contributed by atoms with Crippen molar-refractivity contribution in [3.05, 3.63) is 0 Å². The van der Waals surface area contributed by atoms with Crippen LogP contribution in [0.25, 0.3) is 0 Å². The molecule has 1 saturated carbocycles. The summed E-state index contributed by atoms with van der Waals surface area (Å²) in [5.41, 5.74) is 0. The van der Waals surface area contributed by atoms with Crippen LogP contribution in [-0.2, 0) is 9.53 Å². The predicted molar refractivity (Wildman–Crippen MR) is 78.7 cm³/mol. The highest BCUT2D eigenvalue weighted by Crippen LogP contribution is 2.18. The van der Waals surface area contributed by atoms with Crippen LogP contribution < -0.4 is 10.6 Å². The molecule has 1 unspecified atom stereocenters. The van der Waals surface area contributed by atoms with Crippen molar-refractivity contribution in [1.82, 2.24) is 15.5 Å². The predicted octanol–water partition coefficient (Wildman–Crippen LogP) is 0.199. The lowest BCUT2D eigenvalue weighted by Gasteiger charge is -2.24. The van der Waals surface area contributed by atoms with Gasteiger partial charge >= 0.3 is 0 Å². The number of hydrogen-bond acceptors (Lipinski definition) is 3. The highest BCUT2D eigenvalue weighted by Gasteiger charge is 2.23. The van der Waals surface area contributed by atoms with Crippen LogP contribution in [0, 0.1) is 5.92 Å². The lowest BCUT2D eigenvalue weighted by Crippen LogP contribution is -2.42.